The summed E-state index contributed by atoms with van der Waals surface area (Å²) in [5.74, 6) is 0.238. The lowest BCUT2D eigenvalue weighted by molar-refractivity contribution is -0.0432. The summed E-state index contributed by atoms with van der Waals surface area (Å²) < 4.78 is 6.91. The van der Waals surface area contributed by atoms with E-state index in [1.54, 1.807) is 12.1 Å². The van der Waals surface area contributed by atoms with Gasteiger partial charge in [0.2, 0.25) is 0 Å². The van der Waals surface area contributed by atoms with Crippen molar-refractivity contribution < 1.29 is 9.84 Å². The summed E-state index contributed by atoms with van der Waals surface area (Å²) in [4.78, 5) is 0. The third-order valence-corrected chi connectivity index (χ3v) is 5.44. The van der Waals surface area contributed by atoms with Crippen LogP contribution in [0.1, 0.15) is 28.5 Å². The second-order valence-electron chi connectivity index (χ2n) is 7.19. The number of phenolic OH excluding ortho intramolecular Hbond substituents is 1. The molecule has 1 aliphatic rings. The van der Waals surface area contributed by atoms with Gasteiger partial charge in [-0.1, -0.05) is 91.0 Å². The molecule has 0 spiro atoms. The molecule has 0 unspecified atom stereocenters. The molecular formula is C26H21NO2. The number of phenols is 1. The van der Waals surface area contributed by atoms with Crippen LogP contribution in [-0.2, 0) is 10.3 Å². The van der Waals surface area contributed by atoms with E-state index in [4.69, 9.17) is 4.74 Å². The first-order chi connectivity index (χ1) is 14.3. The minimum atomic E-state index is -0.757. The number of benzene rings is 4. The van der Waals surface area contributed by atoms with E-state index >= 15 is 0 Å². The molecule has 2 N–H and O–H groups in total. The Morgan fingerprint density at radius 2 is 1.21 bits per heavy atom. The van der Waals surface area contributed by atoms with E-state index in [1.165, 1.54) is 0 Å². The first-order valence-electron chi connectivity index (χ1n) is 9.71. The van der Waals surface area contributed by atoms with Gasteiger partial charge in [-0.3, -0.25) is 0 Å². The third kappa shape index (κ3) is 2.96. The molecule has 0 saturated carbocycles. The molecule has 29 heavy (non-hydrogen) atoms. The fourth-order valence-corrected chi connectivity index (χ4v) is 4.09. The van der Waals surface area contributed by atoms with Gasteiger partial charge >= 0.3 is 0 Å². The highest BCUT2D eigenvalue weighted by molar-refractivity contribution is 5.63. The monoisotopic (exact) mass is 379 g/mol. The van der Waals surface area contributed by atoms with Crippen LogP contribution in [-0.4, -0.2) is 5.11 Å². The number of nitrogens with one attached hydrogen (secondary N) is 1. The smallest absolute Gasteiger partial charge is 0.156 e. The van der Waals surface area contributed by atoms with Gasteiger partial charge in [0.1, 0.15) is 11.4 Å². The molecule has 1 atom stereocenters. The van der Waals surface area contributed by atoms with Gasteiger partial charge in [0.15, 0.2) is 6.23 Å². The van der Waals surface area contributed by atoms with Crippen LogP contribution in [0.15, 0.2) is 109 Å². The summed E-state index contributed by atoms with van der Waals surface area (Å²) in [5, 5.41) is 13.2. The SMILES string of the molecule is Oc1ccc([C@@H]2Nc3ccccc3C(c3ccccc3)(c3ccccc3)O2)cc1. The number of aromatic hydroxyl groups is 1. The summed E-state index contributed by atoms with van der Waals surface area (Å²) in [7, 11) is 0. The Morgan fingerprint density at radius 3 is 1.83 bits per heavy atom. The van der Waals surface area contributed by atoms with Gasteiger partial charge in [-0.25, -0.2) is 0 Å². The molecule has 4 aromatic carbocycles. The first kappa shape index (κ1) is 17.5. The van der Waals surface area contributed by atoms with Crippen LogP contribution < -0.4 is 5.32 Å². The number of fused-ring (bicyclic) bond motifs is 1. The lowest BCUT2D eigenvalue weighted by Gasteiger charge is -2.44. The second-order valence-corrected chi connectivity index (χ2v) is 7.19. The average Bonchev–Trinajstić information content (AvgIpc) is 2.80. The van der Waals surface area contributed by atoms with Crippen molar-refractivity contribution in [1.29, 1.82) is 0 Å². The van der Waals surface area contributed by atoms with E-state index in [2.05, 4.69) is 41.7 Å². The molecule has 0 saturated heterocycles. The molecule has 0 radical (unpaired) electrons. The lowest BCUT2D eigenvalue weighted by atomic mass is 9.78. The van der Waals surface area contributed by atoms with Crippen molar-refractivity contribution in [1.82, 2.24) is 0 Å². The van der Waals surface area contributed by atoms with E-state index in [-0.39, 0.29) is 12.0 Å². The van der Waals surface area contributed by atoms with Gasteiger partial charge in [-0.05, 0) is 29.3 Å². The van der Waals surface area contributed by atoms with Crippen LogP contribution in [0.2, 0.25) is 0 Å². The largest absolute Gasteiger partial charge is 0.508 e. The molecule has 5 rings (SSSR count). The van der Waals surface area contributed by atoms with Gasteiger partial charge in [0, 0.05) is 16.8 Å². The Bertz CT molecular complexity index is 1070. The van der Waals surface area contributed by atoms with Crippen LogP contribution in [0.25, 0.3) is 0 Å². The molecule has 0 fully saturated rings. The maximum absolute atomic E-state index is 9.71. The lowest BCUT2D eigenvalue weighted by Crippen LogP contribution is -2.40. The molecular weight excluding hydrogens is 358 g/mol. The predicted octanol–water partition coefficient (Wildman–Crippen LogP) is 5.83. The summed E-state index contributed by atoms with van der Waals surface area (Å²) in [5.41, 5.74) is 4.45. The van der Waals surface area contributed by atoms with Crippen molar-refractivity contribution in [2.75, 3.05) is 5.32 Å². The van der Waals surface area contributed by atoms with Crippen LogP contribution in [0, 0.1) is 0 Å². The third-order valence-electron chi connectivity index (χ3n) is 5.44. The summed E-state index contributed by atoms with van der Waals surface area (Å²) in [6, 6.07) is 36.1. The standard InChI is InChI=1S/C26H21NO2/c28-22-17-15-19(16-18-22)25-27-24-14-8-7-13-23(24)26(29-25,20-9-3-1-4-10-20)21-11-5-2-6-12-21/h1-18,25,27-28H/t25-/m1/s1. The molecule has 4 aromatic rings. The van der Waals surface area contributed by atoms with Gasteiger partial charge in [0.25, 0.3) is 0 Å². The molecule has 1 heterocycles. The summed E-state index contributed by atoms with van der Waals surface area (Å²) in [6.45, 7) is 0. The number of hydrogen-bond acceptors (Lipinski definition) is 3. The predicted molar refractivity (Wildman–Crippen MR) is 115 cm³/mol. The molecule has 0 aliphatic carbocycles. The highest BCUT2D eigenvalue weighted by atomic mass is 16.5. The second kappa shape index (κ2) is 7.12. The number of para-hydroxylation sites is 1. The summed E-state index contributed by atoms with van der Waals surface area (Å²) >= 11 is 0. The molecule has 3 heteroatoms. The fourth-order valence-electron chi connectivity index (χ4n) is 4.09. The number of rotatable bonds is 3. The normalized spacial score (nSPS) is 17.2. The minimum absolute atomic E-state index is 0.238. The van der Waals surface area contributed by atoms with Gasteiger partial charge in [-0.2, -0.15) is 0 Å². The maximum Gasteiger partial charge on any atom is 0.156 e. The zero-order valence-electron chi connectivity index (χ0n) is 15.8. The quantitative estimate of drug-likeness (QED) is 0.471. The van der Waals surface area contributed by atoms with Crippen LogP contribution in [0.3, 0.4) is 0 Å². The van der Waals surface area contributed by atoms with E-state index in [1.807, 2.05) is 60.7 Å². The van der Waals surface area contributed by atoms with Gasteiger partial charge in [-0.15, -0.1) is 0 Å². The Hall–Kier alpha value is -3.56. The number of anilines is 1. The van der Waals surface area contributed by atoms with Crippen molar-refractivity contribution in [3.63, 3.8) is 0 Å². The van der Waals surface area contributed by atoms with Crippen molar-refractivity contribution in [2.24, 2.45) is 0 Å². The van der Waals surface area contributed by atoms with E-state index < -0.39 is 5.60 Å². The summed E-state index contributed by atoms with van der Waals surface area (Å²) in [6.07, 6.45) is -0.370. The molecule has 0 amide bonds. The Kier molecular flexibility index (Phi) is 4.30. The zero-order chi connectivity index (χ0) is 19.7. The molecule has 142 valence electrons. The number of hydrogen-bond donors (Lipinski definition) is 2. The van der Waals surface area contributed by atoms with E-state index in [0.717, 1.165) is 27.9 Å². The van der Waals surface area contributed by atoms with E-state index in [9.17, 15) is 5.11 Å². The molecule has 1 aliphatic heterocycles. The Labute approximate surface area is 170 Å². The van der Waals surface area contributed by atoms with Crippen molar-refractivity contribution in [3.05, 3.63) is 131 Å². The van der Waals surface area contributed by atoms with Crippen molar-refractivity contribution in [3.8, 4) is 5.75 Å². The Balaban J connectivity index is 1.77. The van der Waals surface area contributed by atoms with Crippen LogP contribution >= 0.6 is 0 Å². The van der Waals surface area contributed by atoms with Crippen LogP contribution in [0.5, 0.6) is 5.75 Å². The minimum Gasteiger partial charge on any atom is -0.508 e. The fraction of sp³-hybridized carbons (Fsp3) is 0.0769. The van der Waals surface area contributed by atoms with Gasteiger partial charge in [0.05, 0.1) is 0 Å². The van der Waals surface area contributed by atoms with Crippen molar-refractivity contribution >= 4 is 5.69 Å². The van der Waals surface area contributed by atoms with Crippen molar-refractivity contribution in [2.45, 2.75) is 11.8 Å². The highest BCUT2D eigenvalue weighted by Crippen LogP contribution is 2.50. The molecule has 0 bridgehead atoms. The van der Waals surface area contributed by atoms with E-state index in [0.29, 0.717) is 0 Å². The average molecular weight is 379 g/mol. The highest BCUT2D eigenvalue weighted by Gasteiger charge is 2.44. The molecule has 0 aromatic heterocycles. The zero-order valence-corrected chi connectivity index (χ0v) is 15.8. The first-order valence-corrected chi connectivity index (χ1v) is 9.71. The molecule has 3 nitrogen and oxygen atoms in total. The Morgan fingerprint density at radius 1 is 0.655 bits per heavy atom. The number of ether oxygens (including phenoxy) is 1. The maximum atomic E-state index is 9.71. The van der Waals surface area contributed by atoms with Crippen LogP contribution in [0.4, 0.5) is 5.69 Å². The topological polar surface area (TPSA) is 41.5 Å². The van der Waals surface area contributed by atoms with Gasteiger partial charge < -0.3 is 15.2 Å².